The van der Waals surface area contributed by atoms with E-state index in [2.05, 4.69) is 20.8 Å². The van der Waals surface area contributed by atoms with Crippen LogP contribution in [0.15, 0.2) is 42.5 Å². The minimum atomic E-state index is -4.46. The summed E-state index contributed by atoms with van der Waals surface area (Å²) in [7, 11) is 0. The van der Waals surface area contributed by atoms with Gasteiger partial charge in [0.05, 0.1) is 30.8 Å². The number of aromatic nitrogens is 4. The van der Waals surface area contributed by atoms with Crippen LogP contribution in [0.2, 0.25) is 5.02 Å². The highest BCUT2D eigenvalue weighted by atomic mass is 35.5. The molecule has 3 aromatic rings. The molecule has 0 unspecified atom stereocenters. The number of carbonyl (C=O) groups is 1. The zero-order valence-electron chi connectivity index (χ0n) is 18.5. The normalized spacial score (nSPS) is 19.8. The average molecular weight is 507 g/mol. The number of urea groups is 1. The van der Waals surface area contributed by atoms with Crippen LogP contribution in [0.4, 0.5) is 18.0 Å². The molecule has 2 atom stereocenters. The summed E-state index contributed by atoms with van der Waals surface area (Å²) in [6.45, 7) is 1.16. The molecule has 0 spiro atoms. The van der Waals surface area contributed by atoms with Crippen molar-refractivity contribution in [2.45, 2.75) is 44.1 Å². The lowest BCUT2D eigenvalue weighted by Crippen LogP contribution is -2.43. The van der Waals surface area contributed by atoms with Gasteiger partial charge in [-0.2, -0.15) is 13.2 Å². The lowest BCUT2D eigenvalue weighted by molar-refractivity contribution is -0.137. The number of rotatable bonds is 4. The van der Waals surface area contributed by atoms with Crippen molar-refractivity contribution in [2.24, 2.45) is 0 Å². The summed E-state index contributed by atoms with van der Waals surface area (Å²) in [6.07, 6.45) is -2.52. The molecule has 2 aliphatic rings. The van der Waals surface area contributed by atoms with Crippen molar-refractivity contribution in [1.29, 1.82) is 0 Å². The second-order valence-corrected chi connectivity index (χ2v) is 9.00. The van der Waals surface area contributed by atoms with Crippen molar-refractivity contribution in [1.82, 2.24) is 30.4 Å². The van der Waals surface area contributed by atoms with E-state index in [1.54, 1.807) is 21.7 Å². The molecule has 1 N–H and O–H groups in total. The highest BCUT2D eigenvalue weighted by molar-refractivity contribution is 6.30. The number of hydrogen-bond donors (Lipinski definition) is 1. The SMILES string of the molecule is O=C(N[C@H]1CCOc2cc(C(F)(F)F)ccc21)N1CCC[C@@H]1c1nnnn1Cc1ccc(Cl)cc1. The molecule has 184 valence electrons. The van der Waals surface area contributed by atoms with Gasteiger partial charge in [-0.05, 0) is 53.1 Å². The minimum absolute atomic E-state index is 0.140. The Morgan fingerprint density at radius 1 is 1.17 bits per heavy atom. The van der Waals surface area contributed by atoms with Crippen LogP contribution in [0.5, 0.6) is 5.75 Å². The largest absolute Gasteiger partial charge is 0.493 e. The number of tetrazole rings is 1. The van der Waals surface area contributed by atoms with Gasteiger partial charge in [0.2, 0.25) is 0 Å². The summed E-state index contributed by atoms with van der Waals surface area (Å²) in [4.78, 5) is 14.9. The van der Waals surface area contributed by atoms with Gasteiger partial charge in [-0.1, -0.05) is 29.8 Å². The molecule has 8 nitrogen and oxygen atoms in total. The fourth-order valence-electron chi connectivity index (χ4n) is 4.55. The van der Waals surface area contributed by atoms with Gasteiger partial charge in [0.1, 0.15) is 5.75 Å². The number of alkyl halides is 3. The second-order valence-electron chi connectivity index (χ2n) is 8.56. The van der Waals surface area contributed by atoms with Crippen molar-refractivity contribution in [3.63, 3.8) is 0 Å². The molecule has 1 fully saturated rings. The molecule has 5 rings (SSSR count). The van der Waals surface area contributed by atoms with Gasteiger partial charge in [0.25, 0.3) is 0 Å². The summed E-state index contributed by atoms with van der Waals surface area (Å²) in [6, 6.07) is 9.64. The van der Waals surface area contributed by atoms with Crippen molar-refractivity contribution < 1.29 is 22.7 Å². The van der Waals surface area contributed by atoms with Gasteiger partial charge in [0, 0.05) is 23.6 Å². The Hall–Kier alpha value is -3.34. The van der Waals surface area contributed by atoms with Crippen LogP contribution in [0.1, 0.15) is 53.9 Å². The monoisotopic (exact) mass is 506 g/mol. The number of nitrogens with one attached hydrogen (secondary N) is 1. The molecule has 3 heterocycles. The fraction of sp³-hybridized carbons (Fsp3) is 0.391. The molecular formula is C23H22ClF3N6O2. The van der Waals surface area contributed by atoms with Gasteiger partial charge in [-0.3, -0.25) is 0 Å². The van der Waals surface area contributed by atoms with E-state index < -0.39 is 17.8 Å². The maximum absolute atomic E-state index is 13.3. The van der Waals surface area contributed by atoms with E-state index in [-0.39, 0.29) is 24.4 Å². The van der Waals surface area contributed by atoms with Crippen LogP contribution >= 0.6 is 11.6 Å². The number of carbonyl (C=O) groups excluding carboxylic acids is 1. The molecule has 0 bridgehead atoms. The van der Waals surface area contributed by atoms with E-state index in [4.69, 9.17) is 16.3 Å². The number of ether oxygens (including phenoxy) is 1. The standard InChI is InChI=1S/C23H22ClF3N6O2/c24-16-6-3-14(4-7-16)13-33-21(29-30-31-33)19-2-1-10-32(19)22(34)28-18-9-11-35-20-12-15(23(25,26)27)5-8-17(18)20/h3-8,12,18-19H,1-2,9-11,13H2,(H,28,34)/t18-,19+/m0/s1. The highest BCUT2D eigenvalue weighted by Gasteiger charge is 2.37. The smallest absolute Gasteiger partial charge is 0.416 e. The second kappa shape index (κ2) is 9.37. The molecule has 35 heavy (non-hydrogen) atoms. The predicted octanol–water partition coefficient (Wildman–Crippen LogP) is 4.76. The van der Waals surface area contributed by atoms with Crippen molar-refractivity contribution in [2.75, 3.05) is 13.2 Å². The Labute approximate surface area is 204 Å². The third-order valence-corrected chi connectivity index (χ3v) is 6.55. The van der Waals surface area contributed by atoms with E-state index in [9.17, 15) is 18.0 Å². The van der Waals surface area contributed by atoms with Crippen LogP contribution < -0.4 is 10.1 Å². The van der Waals surface area contributed by atoms with Crippen LogP contribution in [0, 0.1) is 0 Å². The maximum atomic E-state index is 13.3. The zero-order valence-corrected chi connectivity index (χ0v) is 19.3. The first kappa shape index (κ1) is 23.4. The van der Waals surface area contributed by atoms with Crippen molar-refractivity contribution in [3.8, 4) is 5.75 Å². The van der Waals surface area contributed by atoms with E-state index in [1.165, 1.54) is 6.07 Å². The quantitative estimate of drug-likeness (QED) is 0.551. The van der Waals surface area contributed by atoms with Gasteiger partial charge in [-0.25, -0.2) is 9.48 Å². The van der Waals surface area contributed by atoms with E-state index in [0.717, 1.165) is 24.1 Å². The Bertz CT molecular complexity index is 1220. The number of amides is 2. The summed E-state index contributed by atoms with van der Waals surface area (Å²) in [5, 5.41) is 15.7. The summed E-state index contributed by atoms with van der Waals surface area (Å²) in [5.74, 6) is 0.719. The van der Waals surface area contributed by atoms with Gasteiger partial charge < -0.3 is 15.0 Å². The van der Waals surface area contributed by atoms with Gasteiger partial charge in [0.15, 0.2) is 5.82 Å². The molecule has 0 radical (unpaired) electrons. The number of hydrogen-bond acceptors (Lipinski definition) is 5. The third kappa shape index (κ3) is 4.90. The molecule has 2 aliphatic heterocycles. The molecule has 1 saturated heterocycles. The molecule has 0 aliphatic carbocycles. The Kier molecular flexibility index (Phi) is 6.26. The number of nitrogens with zero attached hydrogens (tertiary/aromatic N) is 5. The highest BCUT2D eigenvalue weighted by Crippen LogP contribution is 2.38. The van der Waals surface area contributed by atoms with Crippen LogP contribution in [0.3, 0.4) is 0 Å². The number of benzene rings is 2. The summed E-state index contributed by atoms with van der Waals surface area (Å²) < 4.78 is 46.4. The molecule has 2 amide bonds. The molecule has 12 heteroatoms. The van der Waals surface area contributed by atoms with Crippen LogP contribution in [0.25, 0.3) is 0 Å². The topological polar surface area (TPSA) is 85.2 Å². The number of halogens is 4. The Morgan fingerprint density at radius 2 is 1.97 bits per heavy atom. The van der Waals surface area contributed by atoms with Crippen molar-refractivity contribution >= 4 is 17.6 Å². The molecule has 0 saturated carbocycles. The Balaban J connectivity index is 1.32. The minimum Gasteiger partial charge on any atom is -0.493 e. The number of likely N-dealkylation sites (tertiary alicyclic amines) is 1. The van der Waals surface area contributed by atoms with Gasteiger partial charge >= 0.3 is 12.2 Å². The fourth-order valence-corrected chi connectivity index (χ4v) is 4.68. The molecule has 1 aromatic heterocycles. The third-order valence-electron chi connectivity index (χ3n) is 6.30. The summed E-state index contributed by atoms with van der Waals surface area (Å²) in [5.41, 5.74) is 0.713. The molecule has 2 aromatic carbocycles. The van der Waals surface area contributed by atoms with E-state index in [0.29, 0.717) is 42.3 Å². The van der Waals surface area contributed by atoms with Gasteiger partial charge in [-0.15, -0.1) is 5.10 Å². The first-order valence-electron chi connectivity index (χ1n) is 11.2. The maximum Gasteiger partial charge on any atom is 0.416 e. The van der Waals surface area contributed by atoms with Crippen molar-refractivity contribution in [3.05, 3.63) is 70.0 Å². The van der Waals surface area contributed by atoms with Crippen LogP contribution in [-0.2, 0) is 12.7 Å². The lowest BCUT2D eigenvalue weighted by Gasteiger charge is -2.31. The van der Waals surface area contributed by atoms with Crippen LogP contribution in [-0.4, -0.2) is 44.3 Å². The zero-order chi connectivity index (χ0) is 24.6. The number of fused-ring (bicyclic) bond motifs is 1. The van der Waals surface area contributed by atoms with E-state index in [1.807, 2.05) is 12.1 Å². The lowest BCUT2D eigenvalue weighted by atomic mass is 9.98. The first-order valence-corrected chi connectivity index (χ1v) is 11.6. The average Bonchev–Trinajstić information content (AvgIpc) is 3.49. The van der Waals surface area contributed by atoms with E-state index >= 15 is 0 Å². The summed E-state index contributed by atoms with van der Waals surface area (Å²) >= 11 is 5.97. The molecular weight excluding hydrogens is 485 g/mol. The predicted molar refractivity (Wildman–Crippen MR) is 120 cm³/mol. The Morgan fingerprint density at radius 3 is 2.74 bits per heavy atom. The first-order chi connectivity index (χ1) is 16.8.